The maximum atomic E-state index is 12.4. The van der Waals surface area contributed by atoms with Crippen molar-refractivity contribution in [3.63, 3.8) is 0 Å². The summed E-state index contributed by atoms with van der Waals surface area (Å²) in [5.74, 6) is 2.09. The topological polar surface area (TPSA) is 81.4 Å². The normalized spacial score (nSPS) is 10.9. The number of para-hydroxylation sites is 1. The summed E-state index contributed by atoms with van der Waals surface area (Å²) in [4.78, 5) is 17.0. The summed E-state index contributed by atoms with van der Waals surface area (Å²) in [6.07, 6.45) is 1.73. The Balaban J connectivity index is 1.21. The number of aryl methyl sites for hydroxylation is 1. The molecule has 2 aromatic carbocycles. The van der Waals surface area contributed by atoms with E-state index in [-0.39, 0.29) is 5.56 Å². The number of ether oxygens (including phenoxy) is 1. The van der Waals surface area contributed by atoms with Gasteiger partial charge in [-0.25, -0.2) is 4.98 Å². The van der Waals surface area contributed by atoms with Gasteiger partial charge in [0.2, 0.25) is 5.13 Å². The van der Waals surface area contributed by atoms with Gasteiger partial charge in [-0.2, -0.15) is 0 Å². The van der Waals surface area contributed by atoms with Crippen LogP contribution >= 0.6 is 23.1 Å². The van der Waals surface area contributed by atoms with Crippen molar-refractivity contribution in [2.45, 2.75) is 17.0 Å². The minimum atomic E-state index is -0.0846. The lowest BCUT2D eigenvalue weighted by atomic mass is 10.3. The molecular weight excluding hydrogens is 454 g/mol. The molecule has 0 fully saturated rings. The molecule has 0 unspecified atom stereocenters. The van der Waals surface area contributed by atoms with Crippen molar-refractivity contribution < 1.29 is 4.74 Å². The van der Waals surface area contributed by atoms with Gasteiger partial charge in [0.15, 0.2) is 4.34 Å². The summed E-state index contributed by atoms with van der Waals surface area (Å²) in [5, 5.41) is 12.4. The molecule has 0 saturated heterocycles. The largest absolute Gasteiger partial charge is 0.457 e. The highest BCUT2D eigenvalue weighted by atomic mass is 32.2. The van der Waals surface area contributed by atoms with E-state index in [2.05, 4.69) is 20.5 Å². The number of nitrogens with one attached hydrogen (secondary N) is 1. The molecule has 0 aliphatic rings. The van der Waals surface area contributed by atoms with Crippen LogP contribution in [-0.4, -0.2) is 19.6 Å². The highest BCUT2D eigenvalue weighted by molar-refractivity contribution is 8.00. The predicted molar refractivity (Wildman–Crippen MR) is 132 cm³/mol. The second-order valence-electron chi connectivity index (χ2n) is 7.20. The second kappa shape index (κ2) is 9.43. The molecule has 0 aliphatic carbocycles. The number of fused-ring (bicyclic) bond motifs is 1. The lowest BCUT2D eigenvalue weighted by Gasteiger charge is -2.07. The Morgan fingerprint density at radius 2 is 1.79 bits per heavy atom. The molecule has 0 atom stereocenters. The van der Waals surface area contributed by atoms with Gasteiger partial charge in [-0.3, -0.25) is 9.20 Å². The van der Waals surface area contributed by atoms with Crippen LogP contribution in [0.5, 0.6) is 11.5 Å². The molecule has 7 nitrogen and oxygen atoms in total. The van der Waals surface area contributed by atoms with Gasteiger partial charge < -0.3 is 10.1 Å². The third kappa shape index (κ3) is 5.05. The summed E-state index contributed by atoms with van der Waals surface area (Å²) >= 11 is 2.96. The Morgan fingerprint density at radius 3 is 2.61 bits per heavy atom. The van der Waals surface area contributed by atoms with Gasteiger partial charge in [0.05, 0.1) is 5.69 Å². The third-order valence-electron chi connectivity index (χ3n) is 4.77. The van der Waals surface area contributed by atoms with Gasteiger partial charge in [-0.15, -0.1) is 10.2 Å². The van der Waals surface area contributed by atoms with E-state index in [1.807, 2.05) is 73.7 Å². The fourth-order valence-electron chi connectivity index (χ4n) is 3.19. The predicted octanol–water partition coefficient (Wildman–Crippen LogP) is 5.68. The molecule has 1 N–H and O–H groups in total. The van der Waals surface area contributed by atoms with Crippen molar-refractivity contribution in [2.75, 3.05) is 5.32 Å². The molecular formula is C24H19N5O2S2. The van der Waals surface area contributed by atoms with Crippen molar-refractivity contribution in [2.24, 2.45) is 0 Å². The van der Waals surface area contributed by atoms with Gasteiger partial charge in [-0.05, 0) is 55.0 Å². The average Bonchev–Trinajstić information content (AvgIpc) is 3.28. The molecule has 0 amide bonds. The zero-order valence-electron chi connectivity index (χ0n) is 17.6. The van der Waals surface area contributed by atoms with Gasteiger partial charge in [-0.1, -0.05) is 47.4 Å². The first-order valence-corrected chi connectivity index (χ1v) is 12.0. The Kier molecular flexibility index (Phi) is 6.05. The minimum absolute atomic E-state index is 0.0846. The average molecular weight is 474 g/mol. The molecule has 0 aliphatic heterocycles. The molecule has 0 saturated carbocycles. The third-order valence-corrected chi connectivity index (χ3v) is 6.78. The van der Waals surface area contributed by atoms with Crippen LogP contribution in [0.2, 0.25) is 0 Å². The van der Waals surface area contributed by atoms with Gasteiger partial charge in [0.25, 0.3) is 5.56 Å². The van der Waals surface area contributed by atoms with Crippen LogP contribution < -0.4 is 15.6 Å². The number of thioether (sulfide) groups is 1. The molecule has 5 rings (SSSR count). The molecule has 3 heterocycles. The fourth-order valence-corrected chi connectivity index (χ4v) is 4.86. The molecule has 9 heteroatoms. The number of benzene rings is 2. The van der Waals surface area contributed by atoms with E-state index in [0.29, 0.717) is 16.5 Å². The summed E-state index contributed by atoms with van der Waals surface area (Å²) in [6, 6.07) is 22.7. The van der Waals surface area contributed by atoms with Crippen molar-refractivity contribution in [1.29, 1.82) is 0 Å². The van der Waals surface area contributed by atoms with E-state index in [4.69, 9.17) is 4.74 Å². The number of aromatic nitrogens is 4. The highest BCUT2D eigenvalue weighted by Gasteiger charge is 2.09. The first-order chi connectivity index (χ1) is 16.1. The summed E-state index contributed by atoms with van der Waals surface area (Å²) in [7, 11) is 0. The first-order valence-electron chi connectivity index (χ1n) is 10.2. The van der Waals surface area contributed by atoms with Crippen molar-refractivity contribution in [1.82, 2.24) is 19.6 Å². The van der Waals surface area contributed by atoms with Gasteiger partial charge in [0.1, 0.15) is 17.1 Å². The maximum Gasteiger partial charge on any atom is 0.258 e. The van der Waals surface area contributed by atoms with E-state index < -0.39 is 0 Å². The molecule has 5 aromatic rings. The van der Waals surface area contributed by atoms with E-state index in [0.717, 1.165) is 32.8 Å². The quantitative estimate of drug-likeness (QED) is 0.304. The van der Waals surface area contributed by atoms with E-state index in [1.54, 1.807) is 16.7 Å². The molecule has 0 radical (unpaired) electrons. The number of hydrogen-bond acceptors (Lipinski definition) is 8. The Morgan fingerprint density at radius 1 is 1.00 bits per heavy atom. The van der Waals surface area contributed by atoms with Crippen LogP contribution in [0.25, 0.3) is 5.65 Å². The monoisotopic (exact) mass is 473 g/mol. The van der Waals surface area contributed by atoms with Gasteiger partial charge >= 0.3 is 0 Å². The Labute approximate surface area is 198 Å². The van der Waals surface area contributed by atoms with E-state index >= 15 is 0 Å². The SMILES string of the molecule is Cc1cccn2c(=O)cc(CSc3nnc(Nc4ccc(Oc5ccccc5)cc4)s3)nc12. The molecule has 164 valence electrons. The van der Waals surface area contributed by atoms with Gasteiger partial charge in [0, 0.05) is 23.7 Å². The van der Waals surface area contributed by atoms with Crippen molar-refractivity contribution in [3.8, 4) is 11.5 Å². The molecule has 3 aromatic heterocycles. The molecule has 33 heavy (non-hydrogen) atoms. The van der Waals surface area contributed by atoms with Crippen molar-refractivity contribution in [3.05, 3.63) is 101 Å². The Bertz CT molecular complexity index is 1450. The van der Waals surface area contributed by atoms with Crippen LogP contribution in [0, 0.1) is 6.92 Å². The summed E-state index contributed by atoms with van der Waals surface area (Å²) < 4.78 is 8.18. The summed E-state index contributed by atoms with van der Waals surface area (Å²) in [5.41, 5.74) is 3.17. The zero-order chi connectivity index (χ0) is 22.6. The van der Waals surface area contributed by atoms with Crippen LogP contribution in [0.1, 0.15) is 11.3 Å². The standard InChI is InChI=1S/C24H19N5O2S2/c1-16-6-5-13-29-21(30)14-18(25-22(16)29)15-32-24-28-27-23(33-24)26-17-9-11-20(12-10-17)31-19-7-3-2-4-8-19/h2-14H,15H2,1H3,(H,26,27). The lowest BCUT2D eigenvalue weighted by molar-refractivity contribution is 0.483. The number of anilines is 2. The minimum Gasteiger partial charge on any atom is -0.457 e. The second-order valence-corrected chi connectivity index (χ2v) is 9.40. The van der Waals surface area contributed by atoms with Crippen LogP contribution in [0.3, 0.4) is 0 Å². The Hall–Kier alpha value is -3.69. The summed E-state index contributed by atoms with van der Waals surface area (Å²) in [6.45, 7) is 1.95. The first kappa shape index (κ1) is 21.2. The molecule has 0 bridgehead atoms. The van der Waals surface area contributed by atoms with Crippen LogP contribution in [0.4, 0.5) is 10.8 Å². The van der Waals surface area contributed by atoms with Crippen LogP contribution in [0.15, 0.2) is 88.1 Å². The zero-order valence-corrected chi connectivity index (χ0v) is 19.3. The van der Waals surface area contributed by atoms with E-state index in [1.165, 1.54) is 23.1 Å². The van der Waals surface area contributed by atoms with Crippen molar-refractivity contribution >= 4 is 39.6 Å². The van der Waals surface area contributed by atoms with E-state index in [9.17, 15) is 4.79 Å². The lowest BCUT2D eigenvalue weighted by Crippen LogP contribution is -2.15. The fraction of sp³-hybridized carbons (Fsp3) is 0.0833. The number of pyridine rings is 1. The maximum absolute atomic E-state index is 12.4. The number of hydrogen-bond donors (Lipinski definition) is 1. The molecule has 0 spiro atoms. The van der Waals surface area contributed by atoms with Crippen LogP contribution in [-0.2, 0) is 5.75 Å². The highest BCUT2D eigenvalue weighted by Crippen LogP contribution is 2.30. The number of nitrogens with zero attached hydrogens (tertiary/aromatic N) is 4. The smallest absolute Gasteiger partial charge is 0.258 e. The number of rotatable bonds is 7.